The lowest BCUT2D eigenvalue weighted by molar-refractivity contribution is -0.170. The first-order chi connectivity index (χ1) is 14.2. The quantitative estimate of drug-likeness (QED) is 0.476. The number of ether oxygens (including phenoxy) is 1. The fraction of sp³-hybridized carbons (Fsp3) is 0.333. The maximum atomic E-state index is 13.1. The van der Waals surface area contributed by atoms with E-state index in [1.807, 2.05) is 18.7 Å². The number of rotatable bonds is 9. The van der Waals surface area contributed by atoms with Gasteiger partial charge in [0.05, 0.1) is 6.54 Å². The van der Waals surface area contributed by atoms with Gasteiger partial charge < -0.3 is 20.3 Å². The largest absolute Gasteiger partial charge is 0.492 e. The normalized spacial score (nSPS) is 11.1. The summed E-state index contributed by atoms with van der Waals surface area (Å²) in [7, 11) is 0. The lowest BCUT2D eigenvalue weighted by Gasteiger charge is -2.26. The van der Waals surface area contributed by atoms with Gasteiger partial charge in [0.2, 0.25) is 0 Å². The third-order valence-corrected chi connectivity index (χ3v) is 4.51. The first kappa shape index (κ1) is 23.1. The molecule has 6 nitrogen and oxygen atoms in total. The third kappa shape index (κ3) is 5.88. The fourth-order valence-electron chi connectivity index (χ4n) is 2.94. The second-order valence-electron chi connectivity index (χ2n) is 6.43. The number of amides is 1. The van der Waals surface area contributed by atoms with Gasteiger partial charge in [0.15, 0.2) is 0 Å². The summed E-state index contributed by atoms with van der Waals surface area (Å²) in [5.41, 5.74) is 6.85. The number of alkyl halides is 3. The lowest BCUT2D eigenvalue weighted by atomic mass is 10.2. The number of anilines is 2. The Morgan fingerprint density at radius 1 is 1.07 bits per heavy atom. The predicted octanol–water partition coefficient (Wildman–Crippen LogP) is 3.79. The first-order valence-corrected chi connectivity index (χ1v) is 9.48. The average Bonchev–Trinajstić information content (AvgIpc) is 2.72. The van der Waals surface area contributed by atoms with Crippen molar-refractivity contribution in [1.82, 2.24) is 0 Å². The predicted molar refractivity (Wildman–Crippen MR) is 111 cm³/mol. The van der Waals surface area contributed by atoms with Gasteiger partial charge in [0, 0.05) is 30.0 Å². The monoisotopic (exact) mass is 422 g/mol. The molecule has 30 heavy (non-hydrogen) atoms. The molecule has 0 spiro atoms. The highest BCUT2D eigenvalue weighted by atomic mass is 19.4. The van der Waals surface area contributed by atoms with Crippen molar-refractivity contribution in [3.8, 4) is 5.75 Å². The molecule has 0 aromatic heterocycles. The van der Waals surface area contributed by atoms with Gasteiger partial charge in [-0.15, -0.1) is 0 Å². The van der Waals surface area contributed by atoms with E-state index in [0.717, 1.165) is 18.8 Å². The fourth-order valence-corrected chi connectivity index (χ4v) is 2.94. The number of amidine groups is 1. The van der Waals surface area contributed by atoms with Gasteiger partial charge in [0.25, 0.3) is 0 Å². The van der Waals surface area contributed by atoms with Crippen LogP contribution in [0.3, 0.4) is 0 Å². The summed E-state index contributed by atoms with van der Waals surface area (Å²) in [6.07, 6.45) is -5.01. The number of nitrogens with one attached hydrogen (secondary N) is 1. The molecule has 2 aromatic rings. The van der Waals surface area contributed by atoms with Gasteiger partial charge in [-0.2, -0.15) is 13.2 Å². The summed E-state index contributed by atoms with van der Waals surface area (Å²) in [5, 5.41) is 7.43. The van der Waals surface area contributed by atoms with E-state index in [0.29, 0.717) is 16.2 Å². The molecule has 0 aliphatic carbocycles. The molecule has 0 bridgehead atoms. The molecule has 0 saturated heterocycles. The molecule has 0 fully saturated rings. The molecule has 162 valence electrons. The Morgan fingerprint density at radius 3 is 2.20 bits per heavy atom. The molecule has 2 aromatic carbocycles. The molecule has 2 rings (SSSR count). The molecular weight excluding hydrogens is 397 g/mol. The van der Waals surface area contributed by atoms with Crippen LogP contribution < -0.4 is 20.3 Å². The lowest BCUT2D eigenvalue weighted by Crippen LogP contribution is -2.43. The standard InChI is InChI=1S/C21H25F3N4O2/c1-3-27(4-2)16-8-10-17(11-9-16)28(20(29)21(22,23)24)12-13-30-18-7-5-6-15(14-18)19(25)26/h5-11,14H,3-4,12-13H2,1-2H3,(H3,25,26). The molecule has 0 radical (unpaired) electrons. The van der Waals surface area contributed by atoms with E-state index in [1.165, 1.54) is 18.2 Å². The van der Waals surface area contributed by atoms with Crippen molar-refractivity contribution >= 4 is 23.1 Å². The van der Waals surface area contributed by atoms with E-state index in [1.54, 1.807) is 30.3 Å². The van der Waals surface area contributed by atoms with E-state index >= 15 is 0 Å². The van der Waals surface area contributed by atoms with Crippen molar-refractivity contribution in [2.75, 3.05) is 36.0 Å². The Balaban J connectivity index is 2.17. The summed E-state index contributed by atoms with van der Waals surface area (Å²) in [5.74, 6) is -1.76. The minimum atomic E-state index is -5.01. The van der Waals surface area contributed by atoms with E-state index < -0.39 is 12.1 Å². The smallest absolute Gasteiger partial charge is 0.471 e. The Hall–Kier alpha value is -3.23. The van der Waals surface area contributed by atoms with Gasteiger partial charge in [-0.3, -0.25) is 10.2 Å². The van der Waals surface area contributed by atoms with Gasteiger partial charge in [0.1, 0.15) is 18.2 Å². The van der Waals surface area contributed by atoms with Crippen LogP contribution in [-0.4, -0.2) is 44.2 Å². The van der Waals surface area contributed by atoms with Gasteiger partial charge in [-0.05, 0) is 50.2 Å². The van der Waals surface area contributed by atoms with Crippen LogP contribution in [0, 0.1) is 5.41 Å². The number of nitrogens with zero attached hydrogens (tertiary/aromatic N) is 2. The summed E-state index contributed by atoms with van der Waals surface area (Å²) in [6.45, 7) is 5.02. The molecule has 0 heterocycles. The summed E-state index contributed by atoms with van der Waals surface area (Å²) >= 11 is 0. The van der Waals surface area contributed by atoms with Gasteiger partial charge in [-0.25, -0.2) is 0 Å². The number of benzene rings is 2. The SMILES string of the molecule is CCN(CC)c1ccc(N(CCOc2cccc(C(=N)N)c2)C(=O)C(F)(F)F)cc1. The van der Waals surface area contributed by atoms with Crippen LogP contribution in [0.5, 0.6) is 5.75 Å². The second-order valence-corrected chi connectivity index (χ2v) is 6.43. The van der Waals surface area contributed by atoms with E-state index in [2.05, 4.69) is 0 Å². The number of carbonyl (C=O) groups excluding carboxylic acids is 1. The van der Waals surface area contributed by atoms with Crippen LogP contribution in [0.15, 0.2) is 48.5 Å². The summed E-state index contributed by atoms with van der Waals surface area (Å²) < 4.78 is 44.8. The minimum absolute atomic E-state index is 0.134. The minimum Gasteiger partial charge on any atom is -0.492 e. The number of hydrogen-bond acceptors (Lipinski definition) is 4. The molecular formula is C21H25F3N4O2. The van der Waals surface area contributed by atoms with Crippen molar-refractivity contribution in [3.05, 3.63) is 54.1 Å². The zero-order valence-corrected chi connectivity index (χ0v) is 16.9. The Labute approximate surface area is 173 Å². The zero-order valence-electron chi connectivity index (χ0n) is 16.9. The van der Waals surface area contributed by atoms with Crippen LogP contribution >= 0.6 is 0 Å². The average molecular weight is 422 g/mol. The maximum Gasteiger partial charge on any atom is 0.471 e. The number of hydrogen-bond donors (Lipinski definition) is 2. The van der Waals surface area contributed by atoms with Crippen LogP contribution in [0.1, 0.15) is 19.4 Å². The van der Waals surface area contributed by atoms with Crippen molar-refractivity contribution < 1.29 is 22.7 Å². The second kappa shape index (κ2) is 10.00. The van der Waals surface area contributed by atoms with Crippen molar-refractivity contribution in [2.24, 2.45) is 5.73 Å². The third-order valence-electron chi connectivity index (χ3n) is 4.51. The number of halogens is 3. The highest BCUT2D eigenvalue weighted by molar-refractivity contribution is 5.97. The highest BCUT2D eigenvalue weighted by Gasteiger charge is 2.43. The Kier molecular flexibility index (Phi) is 7.68. The Bertz CT molecular complexity index is 865. The molecule has 0 atom stereocenters. The summed E-state index contributed by atoms with van der Waals surface area (Å²) in [4.78, 5) is 14.7. The van der Waals surface area contributed by atoms with Crippen LogP contribution in [0.25, 0.3) is 0 Å². The van der Waals surface area contributed by atoms with Gasteiger partial charge in [-0.1, -0.05) is 12.1 Å². The van der Waals surface area contributed by atoms with E-state index in [9.17, 15) is 18.0 Å². The molecule has 3 N–H and O–H groups in total. The molecule has 0 saturated carbocycles. The van der Waals surface area contributed by atoms with Crippen molar-refractivity contribution in [1.29, 1.82) is 5.41 Å². The van der Waals surface area contributed by atoms with Crippen LogP contribution in [0.4, 0.5) is 24.5 Å². The van der Waals surface area contributed by atoms with Crippen LogP contribution in [-0.2, 0) is 4.79 Å². The molecule has 0 aliphatic rings. The van der Waals surface area contributed by atoms with E-state index in [-0.39, 0.29) is 24.7 Å². The van der Waals surface area contributed by atoms with Crippen molar-refractivity contribution in [3.63, 3.8) is 0 Å². The molecule has 9 heteroatoms. The Morgan fingerprint density at radius 2 is 1.67 bits per heavy atom. The number of nitrogen functional groups attached to an aromatic ring is 1. The first-order valence-electron chi connectivity index (χ1n) is 9.48. The summed E-state index contributed by atoms with van der Waals surface area (Å²) in [6, 6.07) is 12.7. The topological polar surface area (TPSA) is 82.7 Å². The van der Waals surface area contributed by atoms with Gasteiger partial charge >= 0.3 is 12.1 Å². The molecule has 0 aliphatic heterocycles. The maximum absolute atomic E-state index is 13.1. The molecule has 1 amide bonds. The molecule has 0 unspecified atom stereocenters. The van der Waals surface area contributed by atoms with Crippen molar-refractivity contribution in [2.45, 2.75) is 20.0 Å². The van der Waals surface area contributed by atoms with E-state index in [4.69, 9.17) is 15.9 Å². The zero-order chi connectivity index (χ0) is 22.3. The highest BCUT2D eigenvalue weighted by Crippen LogP contribution is 2.26. The number of carbonyl (C=O) groups is 1. The van der Waals surface area contributed by atoms with Crippen LogP contribution in [0.2, 0.25) is 0 Å². The number of nitrogens with two attached hydrogens (primary N) is 1.